The molecule has 0 bridgehead atoms. The van der Waals surface area contributed by atoms with Crippen LogP contribution in [0.15, 0.2) is 118 Å². The maximum absolute atomic E-state index is 5.47. The zero-order chi connectivity index (χ0) is 28.8. The number of rotatable bonds is 6. The Labute approximate surface area is 265 Å². The summed E-state index contributed by atoms with van der Waals surface area (Å²) in [7, 11) is 3.32. The first kappa shape index (κ1) is 29.2. The van der Waals surface area contributed by atoms with Crippen LogP contribution in [-0.4, -0.2) is 24.2 Å². The minimum atomic E-state index is 0.0459. The third-order valence-electron chi connectivity index (χ3n) is 6.57. The largest absolute Gasteiger partial charge is 0.481 e. The fraction of sp³-hybridized carbons (Fsp3) is 0.118. The van der Waals surface area contributed by atoms with Gasteiger partial charge in [-0.1, -0.05) is 108 Å². The zero-order valence-corrected chi connectivity index (χ0v) is 27.3. The average molecular weight is 735 g/mol. The predicted octanol–water partition coefficient (Wildman–Crippen LogP) is 10.1. The molecular formula is C34H27Br3N2O2. The van der Waals surface area contributed by atoms with E-state index in [1.54, 1.807) is 14.2 Å². The van der Waals surface area contributed by atoms with Crippen LogP contribution in [0.5, 0.6) is 11.8 Å². The lowest BCUT2D eigenvalue weighted by molar-refractivity contribution is 0.395. The molecule has 0 spiro atoms. The summed E-state index contributed by atoms with van der Waals surface area (Å²) in [5.74, 6) is 1.35. The lowest BCUT2D eigenvalue weighted by atomic mass is 10.0. The predicted molar refractivity (Wildman–Crippen MR) is 178 cm³/mol. The van der Waals surface area contributed by atoms with Crippen molar-refractivity contribution in [2.45, 2.75) is 11.2 Å². The summed E-state index contributed by atoms with van der Waals surface area (Å²) in [6.45, 7) is 0. The number of aromatic nitrogens is 2. The number of pyridine rings is 2. The third-order valence-corrected chi connectivity index (χ3v) is 8.58. The molecule has 0 aliphatic carbocycles. The van der Waals surface area contributed by atoms with E-state index in [1.807, 2.05) is 60.7 Å². The van der Waals surface area contributed by atoms with Crippen molar-refractivity contribution in [2.75, 3.05) is 14.2 Å². The lowest BCUT2D eigenvalue weighted by Crippen LogP contribution is -2.00. The molecule has 0 aliphatic rings. The van der Waals surface area contributed by atoms with Crippen molar-refractivity contribution in [3.05, 3.63) is 140 Å². The van der Waals surface area contributed by atoms with E-state index in [4.69, 9.17) is 9.47 Å². The molecule has 6 rings (SSSR count). The molecule has 0 N–H and O–H groups in total. The second-order valence-electron chi connectivity index (χ2n) is 9.35. The van der Waals surface area contributed by atoms with E-state index >= 15 is 0 Å². The quantitative estimate of drug-likeness (QED) is 0.160. The van der Waals surface area contributed by atoms with Crippen LogP contribution in [0.4, 0.5) is 0 Å². The smallest absolute Gasteiger partial charge is 0.218 e. The van der Waals surface area contributed by atoms with E-state index in [1.165, 1.54) is 11.1 Å². The van der Waals surface area contributed by atoms with Crippen LogP contribution in [0.25, 0.3) is 21.8 Å². The minimum Gasteiger partial charge on any atom is -0.481 e. The van der Waals surface area contributed by atoms with Gasteiger partial charge < -0.3 is 9.47 Å². The molecule has 2 heterocycles. The van der Waals surface area contributed by atoms with Gasteiger partial charge in [-0.25, -0.2) is 9.97 Å². The van der Waals surface area contributed by atoms with Gasteiger partial charge in [0.15, 0.2) is 0 Å². The highest BCUT2D eigenvalue weighted by Gasteiger charge is 2.17. The monoisotopic (exact) mass is 732 g/mol. The lowest BCUT2D eigenvalue weighted by Gasteiger charge is -2.15. The Bertz CT molecular complexity index is 1780. The van der Waals surface area contributed by atoms with Gasteiger partial charge in [0.1, 0.15) is 0 Å². The number of hydrogen-bond acceptors (Lipinski definition) is 4. The molecular weight excluding hydrogens is 708 g/mol. The van der Waals surface area contributed by atoms with Crippen LogP contribution in [-0.2, 0) is 6.42 Å². The molecule has 4 aromatic carbocycles. The number of halogens is 3. The molecule has 0 aliphatic heterocycles. The van der Waals surface area contributed by atoms with Crippen molar-refractivity contribution in [2.24, 2.45) is 0 Å². The van der Waals surface area contributed by atoms with Gasteiger partial charge in [-0.3, -0.25) is 0 Å². The standard InChI is InChI=1S/C17H13Br2NO.C17H14BrNO/c1-21-17-14(16(19)11-5-3-2-4-6-11)10-12-9-13(18)7-8-15(12)20-17;1-20-17-14(9-12-5-3-2-4-6-12)10-13-11-15(18)7-8-16(13)19-17/h2-10,16H,1H3;2-8,10-11H,9H2,1H3. The van der Waals surface area contributed by atoms with Crippen LogP contribution in [0, 0.1) is 0 Å². The van der Waals surface area contributed by atoms with Crippen molar-refractivity contribution < 1.29 is 9.47 Å². The Morgan fingerprint density at radius 1 is 0.634 bits per heavy atom. The number of hydrogen-bond donors (Lipinski definition) is 0. The molecule has 2 aromatic heterocycles. The zero-order valence-electron chi connectivity index (χ0n) is 22.5. The van der Waals surface area contributed by atoms with Crippen LogP contribution in [0.3, 0.4) is 0 Å². The van der Waals surface area contributed by atoms with Gasteiger partial charge in [0.05, 0.1) is 30.1 Å². The van der Waals surface area contributed by atoms with Gasteiger partial charge in [0.25, 0.3) is 0 Å². The van der Waals surface area contributed by atoms with Gasteiger partial charge in [0.2, 0.25) is 11.8 Å². The number of alkyl halides is 1. The average Bonchev–Trinajstić information content (AvgIpc) is 3.01. The SMILES string of the molecule is COc1nc2ccc(Br)cc2cc1C(Br)c1ccccc1.COc1nc2ccc(Br)cc2cc1Cc1ccccc1. The fourth-order valence-corrected chi connectivity index (χ4v) is 5.98. The summed E-state index contributed by atoms with van der Waals surface area (Å²) in [5, 5.41) is 2.20. The molecule has 1 unspecified atom stereocenters. The second-order valence-corrected chi connectivity index (χ2v) is 12.1. The Morgan fingerprint density at radius 2 is 1.17 bits per heavy atom. The normalized spacial score (nSPS) is 11.5. The van der Waals surface area contributed by atoms with E-state index in [2.05, 4.69) is 106 Å². The van der Waals surface area contributed by atoms with Gasteiger partial charge in [-0.05, 0) is 59.7 Å². The Balaban J connectivity index is 0.000000165. The van der Waals surface area contributed by atoms with Crippen LogP contribution < -0.4 is 9.47 Å². The topological polar surface area (TPSA) is 44.2 Å². The molecule has 206 valence electrons. The number of nitrogens with zero attached hydrogens (tertiary/aromatic N) is 2. The maximum atomic E-state index is 5.47. The van der Waals surface area contributed by atoms with Crippen LogP contribution in [0.1, 0.15) is 27.1 Å². The van der Waals surface area contributed by atoms with E-state index in [0.29, 0.717) is 11.8 Å². The molecule has 6 aromatic rings. The van der Waals surface area contributed by atoms with Crippen molar-refractivity contribution in [3.63, 3.8) is 0 Å². The molecule has 0 saturated carbocycles. The molecule has 0 radical (unpaired) electrons. The first-order valence-electron chi connectivity index (χ1n) is 13.0. The molecule has 0 saturated heterocycles. The highest BCUT2D eigenvalue weighted by molar-refractivity contribution is 9.10. The van der Waals surface area contributed by atoms with Crippen LogP contribution >= 0.6 is 47.8 Å². The molecule has 7 heteroatoms. The summed E-state index contributed by atoms with van der Waals surface area (Å²) < 4.78 is 13.0. The first-order valence-corrected chi connectivity index (χ1v) is 15.5. The van der Waals surface area contributed by atoms with Gasteiger partial charge in [-0.2, -0.15) is 0 Å². The van der Waals surface area contributed by atoms with E-state index in [-0.39, 0.29) is 4.83 Å². The van der Waals surface area contributed by atoms with E-state index in [9.17, 15) is 0 Å². The highest BCUT2D eigenvalue weighted by Crippen LogP contribution is 2.37. The highest BCUT2D eigenvalue weighted by atomic mass is 79.9. The Hall–Kier alpha value is -3.26. The van der Waals surface area contributed by atoms with Gasteiger partial charge in [-0.15, -0.1) is 0 Å². The summed E-state index contributed by atoms with van der Waals surface area (Å²) >= 11 is 10.8. The number of fused-ring (bicyclic) bond motifs is 2. The Morgan fingerprint density at radius 3 is 1.76 bits per heavy atom. The minimum absolute atomic E-state index is 0.0459. The molecule has 4 nitrogen and oxygen atoms in total. The number of ether oxygens (including phenoxy) is 2. The van der Waals surface area contributed by atoms with Crippen molar-refractivity contribution in [3.8, 4) is 11.8 Å². The molecule has 1 atom stereocenters. The van der Waals surface area contributed by atoms with Crippen LogP contribution in [0.2, 0.25) is 0 Å². The summed E-state index contributed by atoms with van der Waals surface area (Å²) in [5.41, 5.74) is 6.42. The van der Waals surface area contributed by atoms with E-state index in [0.717, 1.165) is 48.3 Å². The molecule has 0 amide bonds. The summed E-state index contributed by atoms with van der Waals surface area (Å²) in [6.07, 6.45) is 0.819. The van der Waals surface area contributed by atoms with Gasteiger partial charge >= 0.3 is 0 Å². The maximum Gasteiger partial charge on any atom is 0.218 e. The number of methoxy groups -OCH3 is 2. The first-order chi connectivity index (χ1) is 19.9. The van der Waals surface area contributed by atoms with Crippen molar-refractivity contribution >= 4 is 69.6 Å². The van der Waals surface area contributed by atoms with Crippen molar-refractivity contribution in [1.82, 2.24) is 9.97 Å². The summed E-state index contributed by atoms with van der Waals surface area (Å²) in [6, 6.07) is 37.0. The Kier molecular flexibility index (Phi) is 9.70. The fourth-order valence-electron chi connectivity index (χ4n) is 4.59. The van der Waals surface area contributed by atoms with E-state index < -0.39 is 0 Å². The number of benzene rings is 4. The second kappa shape index (κ2) is 13.6. The molecule has 41 heavy (non-hydrogen) atoms. The summed E-state index contributed by atoms with van der Waals surface area (Å²) in [4.78, 5) is 9.24. The molecule has 0 fully saturated rings. The van der Waals surface area contributed by atoms with Crippen molar-refractivity contribution in [1.29, 1.82) is 0 Å². The van der Waals surface area contributed by atoms with Gasteiger partial charge in [0, 0.05) is 37.3 Å². The third kappa shape index (κ3) is 7.15.